The van der Waals surface area contributed by atoms with Gasteiger partial charge in [0.1, 0.15) is 0 Å². The van der Waals surface area contributed by atoms with Crippen LogP contribution in [0.1, 0.15) is 33.1 Å². The number of carbonyl (C=O) groups excluding carboxylic acids is 1. The SMILES string of the molecule is CC1CCN(CCNC(=O)C2CCNC2C)CC1. The molecule has 2 atom stereocenters. The fourth-order valence-electron chi connectivity index (χ4n) is 2.97. The molecule has 2 aliphatic heterocycles. The van der Waals surface area contributed by atoms with Gasteiger partial charge < -0.3 is 15.5 Å². The highest BCUT2D eigenvalue weighted by molar-refractivity contribution is 5.79. The van der Waals surface area contributed by atoms with Gasteiger partial charge in [0, 0.05) is 19.1 Å². The number of nitrogens with zero attached hydrogens (tertiary/aromatic N) is 1. The van der Waals surface area contributed by atoms with E-state index in [1.807, 2.05) is 0 Å². The van der Waals surface area contributed by atoms with E-state index in [2.05, 4.69) is 29.4 Å². The minimum Gasteiger partial charge on any atom is -0.355 e. The Morgan fingerprint density at radius 1 is 1.28 bits per heavy atom. The smallest absolute Gasteiger partial charge is 0.224 e. The lowest BCUT2D eigenvalue weighted by molar-refractivity contribution is -0.125. The van der Waals surface area contributed by atoms with Gasteiger partial charge in [-0.2, -0.15) is 0 Å². The Labute approximate surface area is 110 Å². The molecule has 0 saturated carbocycles. The molecule has 2 rings (SSSR count). The monoisotopic (exact) mass is 253 g/mol. The maximum absolute atomic E-state index is 12.0. The molecule has 2 saturated heterocycles. The third-order valence-corrected chi connectivity index (χ3v) is 4.47. The first kappa shape index (κ1) is 13.8. The van der Waals surface area contributed by atoms with Gasteiger partial charge in [0.25, 0.3) is 0 Å². The molecular weight excluding hydrogens is 226 g/mol. The van der Waals surface area contributed by atoms with Gasteiger partial charge in [0.15, 0.2) is 0 Å². The van der Waals surface area contributed by atoms with Crippen LogP contribution in [0, 0.1) is 11.8 Å². The van der Waals surface area contributed by atoms with Crippen molar-refractivity contribution in [3.05, 3.63) is 0 Å². The second-order valence-electron chi connectivity index (χ2n) is 5.95. The van der Waals surface area contributed by atoms with Gasteiger partial charge in [-0.3, -0.25) is 4.79 Å². The van der Waals surface area contributed by atoms with E-state index in [0.29, 0.717) is 6.04 Å². The van der Waals surface area contributed by atoms with Crippen LogP contribution in [0.3, 0.4) is 0 Å². The van der Waals surface area contributed by atoms with Crippen LogP contribution in [0.5, 0.6) is 0 Å². The van der Waals surface area contributed by atoms with Crippen molar-refractivity contribution in [3.8, 4) is 0 Å². The molecule has 0 aromatic rings. The summed E-state index contributed by atoms with van der Waals surface area (Å²) in [5.74, 6) is 1.28. The standard InChI is InChI=1S/C14H27N3O/c1-11-4-8-17(9-5-11)10-7-16-14(18)13-3-6-15-12(13)2/h11-13,15H,3-10H2,1-2H3,(H,16,18). The Bertz CT molecular complexity index is 274. The van der Waals surface area contributed by atoms with Gasteiger partial charge in [0.05, 0.1) is 5.92 Å². The van der Waals surface area contributed by atoms with Crippen LogP contribution in [0.15, 0.2) is 0 Å². The van der Waals surface area contributed by atoms with Crippen molar-refractivity contribution >= 4 is 5.91 Å². The van der Waals surface area contributed by atoms with Gasteiger partial charge in [-0.1, -0.05) is 6.92 Å². The Balaban J connectivity index is 1.61. The minimum absolute atomic E-state index is 0.173. The predicted octanol–water partition coefficient (Wildman–Crippen LogP) is 0.833. The molecular formula is C14H27N3O. The normalized spacial score (nSPS) is 30.6. The molecule has 18 heavy (non-hydrogen) atoms. The van der Waals surface area contributed by atoms with Crippen LogP contribution in [-0.4, -0.2) is 49.6 Å². The van der Waals surface area contributed by atoms with Gasteiger partial charge in [-0.25, -0.2) is 0 Å². The Hall–Kier alpha value is -0.610. The highest BCUT2D eigenvalue weighted by Crippen LogP contribution is 2.16. The molecule has 0 radical (unpaired) electrons. The molecule has 0 aliphatic carbocycles. The summed E-state index contributed by atoms with van der Waals surface area (Å²) in [7, 11) is 0. The third-order valence-electron chi connectivity index (χ3n) is 4.47. The van der Waals surface area contributed by atoms with Crippen LogP contribution in [0.25, 0.3) is 0 Å². The zero-order valence-corrected chi connectivity index (χ0v) is 11.7. The number of carbonyl (C=O) groups is 1. The van der Waals surface area contributed by atoms with Crippen LogP contribution in [-0.2, 0) is 4.79 Å². The lowest BCUT2D eigenvalue weighted by atomic mass is 9.99. The van der Waals surface area contributed by atoms with Gasteiger partial charge in [0.2, 0.25) is 5.91 Å². The van der Waals surface area contributed by atoms with Crippen molar-refractivity contribution in [1.82, 2.24) is 15.5 Å². The van der Waals surface area contributed by atoms with Crippen LogP contribution >= 0.6 is 0 Å². The highest BCUT2D eigenvalue weighted by atomic mass is 16.1. The maximum atomic E-state index is 12.0. The number of amides is 1. The van der Waals surface area contributed by atoms with Gasteiger partial charge in [-0.05, 0) is 51.7 Å². The fourth-order valence-corrected chi connectivity index (χ4v) is 2.97. The molecule has 0 aromatic carbocycles. The van der Waals surface area contributed by atoms with E-state index in [-0.39, 0.29) is 11.8 Å². The molecule has 4 nitrogen and oxygen atoms in total. The molecule has 2 heterocycles. The number of nitrogens with one attached hydrogen (secondary N) is 2. The number of piperidine rings is 1. The molecule has 2 unspecified atom stereocenters. The molecule has 0 spiro atoms. The first-order chi connectivity index (χ1) is 8.66. The van der Waals surface area contributed by atoms with Crippen LogP contribution < -0.4 is 10.6 Å². The largest absolute Gasteiger partial charge is 0.355 e. The summed E-state index contributed by atoms with van der Waals surface area (Å²) in [6, 6.07) is 0.334. The van der Waals surface area contributed by atoms with Crippen LogP contribution in [0.2, 0.25) is 0 Å². The van der Waals surface area contributed by atoms with Crippen LogP contribution in [0.4, 0.5) is 0 Å². The summed E-state index contributed by atoms with van der Waals surface area (Å²) >= 11 is 0. The first-order valence-electron chi connectivity index (χ1n) is 7.40. The van der Waals surface area contributed by atoms with Crippen molar-refractivity contribution in [2.24, 2.45) is 11.8 Å². The lowest BCUT2D eigenvalue weighted by Gasteiger charge is -2.30. The second kappa shape index (κ2) is 6.53. The number of likely N-dealkylation sites (tertiary alicyclic amines) is 1. The van der Waals surface area contributed by atoms with Crippen molar-refractivity contribution in [2.45, 2.75) is 39.2 Å². The van der Waals surface area contributed by atoms with Crippen molar-refractivity contribution < 1.29 is 4.79 Å². The Kier molecular flexibility index (Phi) is 5.01. The average molecular weight is 253 g/mol. The number of rotatable bonds is 4. The molecule has 0 aromatic heterocycles. The van der Waals surface area contributed by atoms with Crippen molar-refractivity contribution in [2.75, 3.05) is 32.7 Å². The van der Waals surface area contributed by atoms with E-state index in [1.54, 1.807) is 0 Å². The van der Waals surface area contributed by atoms with Crippen molar-refractivity contribution in [1.29, 1.82) is 0 Å². The average Bonchev–Trinajstić information content (AvgIpc) is 2.78. The van der Waals surface area contributed by atoms with E-state index in [4.69, 9.17) is 0 Å². The van der Waals surface area contributed by atoms with E-state index >= 15 is 0 Å². The first-order valence-corrected chi connectivity index (χ1v) is 7.40. The molecule has 2 N–H and O–H groups in total. The quantitative estimate of drug-likeness (QED) is 0.780. The lowest BCUT2D eigenvalue weighted by Crippen LogP contribution is -2.42. The summed E-state index contributed by atoms with van der Waals surface area (Å²) in [4.78, 5) is 14.4. The zero-order valence-electron chi connectivity index (χ0n) is 11.7. The predicted molar refractivity (Wildman–Crippen MR) is 73.4 cm³/mol. The summed E-state index contributed by atoms with van der Waals surface area (Å²) in [5.41, 5.74) is 0. The fraction of sp³-hybridized carbons (Fsp3) is 0.929. The third kappa shape index (κ3) is 3.69. The van der Waals surface area contributed by atoms with E-state index in [0.717, 1.165) is 32.0 Å². The summed E-state index contributed by atoms with van der Waals surface area (Å²) in [6.07, 6.45) is 3.59. The Morgan fingerprint density at radius 2 is 2.00 bits per heavy atom. The highest BCUT2D eigenvalue weighted by Gasteiger charge is 2.29. The van der Waals surface area contributed by atoms with E-state index < -0.39 is 0 Å². The number of hydrogen-bond acceptors (Lipinski definition) is 3. The van der Waals surface area contributed by atoms with Gasteiger partial charge >= 0.3 is 0 Å². The summed E-state index contributed by atoms with van der Waals surface area (Å²) in [6.45, 7) is 9.60. The minimum atomic E-state index is 0.173. The second-order valence-corrected chi connectivity index (χ2v) is 5.95. The van der Waals surface area contributed by atoms with E-state index in [9.17, 15) is 4.79 Å². The zero-order chi connectivity index (χ0) is 13.0. The molecule has 104 valence electrons. The maximum Gasteiger partial charge on any atom is 0.224 e. The molecule has 2 fully saturated rings. The molecule has 1 amide bonds. The molecule has 0 bridgehead atoms. The topological polar surface area (TPSA) is 44.4 Å². The summed E-state index contributed by atoms with van der Waals surface area (Å²) in [5, 5.41) is 6.42. The Morgan fingerprint density at radius 3 is 2.61 bits per heavy atom. The van der Waals surface area contributed by atoms with E-state index in [1.165, 1.54) is 25.9 Å². The van der Waals surface area contributed by atoms with Gasteiger partial charge in [-0.15, -0.1) is 0 Å². The molecule has 2 aliphatic rings. The number of hydrogen-bond donors (Lipinski definition) is 2. The molecule has 4 heteroatoms. The van der Waals surface area contributed by atoms with Crippen molar-refractivity contribution in [3.63, 3.8) is 0 Å². The summed E-state index contributed by atoms with van der Waals surface area (Å²) < 4.78 is 0.